The van der Waals surface area contributed by atoms with E-state index in [1.54, 1.807) is 28.6 Å². The summed E-state index contributed by atoms with van der Waals surface area (Å²) in [5, 5.41) is 0. The van der Waals surface area contributed by atoms with Crippen LogP contribution < -0.4 is 4.74 Å². The third-order valence-corrected chi connectivity index (χ3v) is 5.99. The Morgan fingerprint density at radius 3 is 2.33 bits per heavy atom. The second kappa shape index (κ2) is 5.81. The van der Waals surface area contributed by atoms with E-state index in [1.165, 1.54) is 12.8 Å². The molecule has 2 fully saturated rings. The Morgan fingerprint density at radius 1 is 1.14 bits per heavy atom. The Balaban J connectivity index is 1.68. The molecule has 5 heteroatoms. The molecule has 0 amide bonds. The maximum atomic E-state index is 12.5. The van der Waals surface area contributed by atoms with E-state index in [4.69, 9.17) is 4.74 Å². The summed E-state index contributed by atoms with van der Waals surface area (Å²) in [4.78, 5) is 0.341. The molecule has 21 heavy (non-hydrogen) atoms. The largest absolute Gasteiger partial charge is 0.493 e. The average molecular weight is 307 g/mol. The van der Waals surface area contributed by atoms with Gasteiger partial charge < -0.3 is 4.74 Å². The molecular weight excluding hydrogens is 286 g/mol. The van der Waals surface area contributed by atoms with Crippen molar-refractivity contribution in [3.8, 4) is 5.75 Å². The van der Waals surface area contributed by atoms with Crippen molar-refractivity contribution < 1.29 is 13.2 Å². The van der Waals surface area contributed by atoms with Crippen LogP contribution in [0, 0.1) is 5.92 Å². The average Bonchev–Trinajstić information content (AvgIpc) is 3.30. The molecule has 0 atom stereocenters. The van der Waals surface area contributed by atoms with Gasteiger partial charge in [0.15, 0.2) is 0 Å². The Morgan fingerprint density at radius 2 is 1.76 bits per heavy atom. The first-order chi connectivity index (χ1) is 10.1. The van der Waals surface area contributed by atoms with Gasteiger partial charge in [0.1, 0.15) is 5.75 Å². The van der Waals surface area contributed by atoms with Crippen LogP contribution in [0.3, 0.4) is 0 Å². The first-order valence-electron chi connectivity index (χ1n) is 7.45. The zero-order valence-electron chi connectivity index (χ0n) is 12.1. The highest BCUT2D eigenvalue weighted by molar-refractivity contribution is 7.89. The molecule has 1 aliphatic heterocycles. The van der Waals surface area contributed by atoms with Gasteiger partial charge in [-0.2, -0.15) is 4.31 Å². The van der Waals surface area contributed by atoms with Crippen LogP contribution in [0.15, 0.2) is 41.3 Å². The summed E-state index contributed by atoms with van der Waals surface area (Å²) in [6.07, 6.45) is 3.99. The number of ether oxygens (including phenoxy) is 1. The SMILES string of the molecule is C=C1CCN(S(=O)(=O)c2ccc(OCC3CC3)cc2)CC1. The number of sulfonamides is 1. The molecule has 2 aliphatic rings. The summed E-state index contributed by atoms with van der Waals surface area (Å²) >= 11 is 0. The summed E-state index contributed by atoms with van der Waals surface area (Å²) in [6.45, 7) is 5.71. The van der Waals surface area contributed by atoms with E-state index in [1.807, 2.05) is 0 Å². The number of benzene rings is 1. The summed E-state index contributed by atoms with van der Waals surface area (Å²) in [6, 6.07) is 6.78. The van der Waals surface area contributed by atoms with Gasteiger partial charge in [-0.3, -0.25) is 0 Å². The van der Waals surface area contributed by atoms with Crippen molar-refractivity contribution in [2.45, 2.75) is 30.6 Å². The highest BCUT2D eigenvalue weighted by atomic mass is 32.2. The van der Waals surface area contributed by atoms with Gasteiger partial charge in [0.25, 0.3) is 0 Å². The molecule has 1 aromatic rings. The van der Waals surface area contributed by atoms with Crippen LogP contribution in [0.25, 0.3) is 0 Å². The van der Waals surface area contributed by atoms with Crippen molar-refractivity contribution in [3.05, 3.63) is 36.4 Å². The van der Waals surface area contributed by atoms with Crippen molar-refractivity contribution in [2.75, 3.05) is 19.7 Å². The zero-order chi connectivity index (χ0) is 14.9. The summed E-state index contributed by atoms with van der Waals surface area (Å²) in [5.41, 5.74) is 1.13. The van der Waals surface area contributed by atoms with Crippen LogP contribution in [-0.2, 0) is 10.0 Å². The van der Waals surface area contributed by atoms with Crippen molar-refractivity contribution in [2.24, 2.45) is 5.92 Å². The van der Waals surface area contributed by atoms with Crippen LogP contribution in [0.1, 0.15) is 25.7 Å². The lowest BCUT2D eigenvalue weighted by atomic mass is 10.1. The van der Waals surface area contributed by atoms with Gasteiger partial charge >= 0.3 is 0 Å². The van der Waals surface area contributed by atoms with Crippen LogP contribution in [0.4, 0.5) is 0 Å². The minimum absolute atomic E-state index is 0.341. The number of rotatable bonds is 5. The van der Waals surface area contributed by atoms with Crippen LogP contribution in [0.2, 0.25) is 0 Å². The fourth-order valence-corrected chi connectivity index (χ4v) is 3.84. The maximum absolute atomic E-state index is 12.5. The van der Waals surface area contributed by atoms with E-state index >= 15 is 0 Å². The fraction of sp³-hybridized carbons (Fsp3) is 0.500. The number of hydrogen-bond donors (Lipinski definition) is 0. The van der Waals surface area contributed by atoms with E-state index in [9.17, 15) is 8.42 Å². The molecule has 0 unspecified atom stereocenters. The van der Waals surface area contributed by atoms with Gasteiger partial charge in [-0.15, -0.1) is 0 Å². The lowest BCUT2D eigenvalue weighted by Crippen LogP contribution is -2.36. The van der Waals surface area contributed by atoms with Gasteiger partial charge in [-0.25, -0.2) is 8.42 Å². The van der Waals surface area contributed by atoms with E-state index in [-0.39, 0.29) is 0 Å². The lowest BCUT2D eigenvalue weighted by Gasteiger charge is -2.27. The van der Waals surface area contributed by atoms with E-state index in [2.05, 4.69) is 6.58 Å². The molecular formula is C16H21NO3S. The molecule has 114 valence electrons. The fourth-order valence-electron chi connectivity index (χ4n) is 2.40. The molecule has 0 radical (unpaired) electrons. The van der Waals surface area contributed by atoms with Gasteiger partial charge in [-0.1, -0.05) is 12.2 Å². The molecule has 1 saturated carbocycles. The monoisotopic (exact) mass is 307 g/mol. The Labute approximate surface area is 126 Å². The van der Waals surface area contributed by atoms with Crippen molar-refractivity contribution in [1.82, 2.24) is 4.31 Å². The van der Waals surface area contributed by atoms with E-state index in [0.717, 1.165) is 30.8 Å². The first-order valence-corrected chi connectivity index (χ1v) is 8.89. The zero-order valence-corrected chi connectivity index (χ0v) is 12.9. The Bertz CT molecular complexity index is 607. The predicted octanol–water partition coefficient (Wildman–Crippen LogP) is 2.82. The van der Waals surface area contributed by atoms with Gasteiger partial charge in [0.2, 0.25) is 10.0 Å². The minimum Gasteiger partial charge on any atom is -0.493 e. The molecule has 0 N–H and O–H groups in total. The Hall–Kier alpha value is -1.33. The molecule has 1 aromatic carbocycles. The molecule has 4 nitrogen and oxygen atoms in total. The van der Waals surface area contributed by atoms with Crippen molar-refractivity contribution >= 4 is 10.0 Å². The molecule has 0 bridgehead atoms. The number of hydrogen-bond acceptors (Lipinski definition) is 3. The molecule has 1 heterocycles. The smallest absolute Gasteiger partial charge is 0.243 e. The molecule has 1 aliphatic carbocycles. The third kappa shape index (κ3) is 3.47. The second-order valence-electron chi connectivity index (χ2n) is 5.88. The summed E-state index contributed by atoms with van der Waals surface area (Å²) in [5.74, 6) is 1.43. The minimum atomic E-state index is -3.38. The van der Waals surface area contributed by atoms with Crippen LogP contribution in [0.5, 0.6) is 5.75 Å². The van der Waals surface area contributed by atoms with E-state index in [0.29, 0.717) is 23.9 Å². The number of nitrogens with zero attached hydrogens (tertiary/aromatic N) is 1. The topological polar surface area (TPSA) is 46.6 Å². The lowest BCUT2D eigenvalue weighted by molar-refractivity contribution is 0.299. The highest BCUT2D eigenvalue weighted by Crippen LogP contribution is 2.30. The van der Waals surface area contributed by atoms with Crippen molar-refractivity contribution in [3.63, 3.8) is 0 Å². The highest BCUT2D eigenvalue weighted by Gasteiger charge is 2.27. The third-order valence-electron chi connectivity index (χ3n) is 4.07. The second-order valence-corrected chi connectivity index (χ2v) is 7.82. The number of piperidine rings is 1. The quantitative estimate of drug-likeness (QED) is 0.786. The molecule has 3 rings (SSSR count). The summed E-state index contributed by atoms with van der Waals surface area (Å²) < 4.78 is 32.3. The maximum Gasteiger partial charge on any atom is 0.243 e. The normalized spacial score (nSPS) is 20.5. The predicted molar refractivity (Wildman–Crippen MR) is 81.8 cm³/mol. The van der Waals surface area contributed by atoms with Gasteiger partial charge in [-0.05, 0) is 55.9 Å². The Kier molecular flexibility index (Phi) is 4.04. The van der Waals surface area contributed by atoms with Gasteiger partial charge in [0.05, 0.1) is 11.5 Å². The van der Waals surface area contributed by atoms with Crippen LogP contribution >= 0.6 is 0 Å². The molecule has 1 saturated heterocycles. The van der Waals surface area contributed by atoms with Crippen LogP contribution in [-0.4, -0.2) is 32.4 Å². The summed E-state index contributed by atoms with van der Waals surface area (Å²) in [7, 11) is -3.38. The molecule has 0 aromatic heterocycles. The standard InChI is InChI=1S/C16H21NO3S/c1-13-8-10-17(11-9-13)21(18,19)16-6-4-15(5-7-16)20-12-14-2-3-14/h4-7,14H,1-3,8-12H2. The van der Waals surface area contributed by atoms with Gasteiger partial charge in [0, 0.05) is 13.1 Å². The van der Waals surface area contributed by atoms with Crippen molar-refractivity contribution in [1.29, 1.82) is 0 Å². The first kappa shape index (κ1) is 14.6. The molecule has 0 spiro atoms. The van der Waals surface area contributed by atoms with E-state index < -0.39 is 10.0 Å².